The Labute approximate surface area is 95.0 Å². The van der Waals surface area contributed by atoms with Crippen LogP contribution in [0.2, 0.25) is 0 Å². The van der Waals surface area contributed by atoms with Crippen molar-refractivity contribution in [2.45, 2.75) is 32.6 Å². The van der Waals surface area contributed by atoms with Gasteiger partial charge in [0, 0.05) is 11.6 Å². The lowest BCUT2D eigenvalue weighted by molar-refractivity contribution is -0.154. The van der Waals surface area contributed by atoms with Gasteiger partial charge in [-0.25, -0.2) is 0 Å². The van der Waals surface area contributed by atoms with E-state index in [9.17, 15) is 9.59 Å². The summed E-state index contributed by atoms with van der Waals surface area (Å²) in [6.07, 6.45) is 5.20. The number of hydrogen-bond donors (Lipinski definition) is 1. The van der Waals surface area contributed by atoms with Gasteiger partial charge in [0.1, 0.15) is 5.41 Å². The molecule has 0 aromatic carbocycles. The molecule has 4 heteroatoms. The van der Waals surface area contributed by atoms with Crippen molar-refractivity contribution in [1.29, 1.82) is 0 Å². The van der Waals surface area contributed by atoms with Crippen molar-refractivity contribution in [3.8, 4) is 0 Å². The summed E-state index contributed by atoms with van der Waals surface area (Å²) in [6.45, 7) is 1.85. The Bertz CT molecular complexity index is 361. The molecule has 1 aliphatic carbocycles. The summed E-state index contributed by atoms with van der Waals surface area (Å²) in [7, 11) is 1.41. The van der Waals surface area contributed by atoms with Gasteiger partial charge >= 0.3 is 5.97 Å². The number of carbonyl (C=O) groups excluding carboxylic acids is 2. The number of amides is 1. The molecule has 0 radical (unpaired) electrons. The van der Waals surface area contributed by atoms with E-state index in [1.165, 1.54) is 7.11 Å². The van der Waals surface area contributed by atoms with Gasteiger partial charge in [-0.15, -0.1) is 0 Å². The van der Waals surface area contributed by atoms with E-state index in [4.69, 9.17) is 4.74 Å². The number of nitrogens with one attached hydrogen (secondary N) is 1. The SMILES string of the molecule is COC(=O)[C@@]12CCCC=C1NC(=O)[C@H](C)C2. The van der Waals surface area contributed by atoms with Crippen LogP contribution in [0, 0.1) is 11.3 Å². The molecule has 4 nitrogen and oxygen atoms in total. The fourth-order valence-corrected chi connectivity index (χ4v) is 2.73. The van der Waals surface area contributed by atoms with E-state index < -0.39 is 5.41 Å². The maximum Gasteiger partial charge on any atom is 0.317 e. The number of carbonyl (C=O) groups is 2. The van der Waals surface area contributed by atoms with Gasteiger partial charge in [-0.05, 0) is 25.7 Å². The Morgan fingerprint density at radius 1 is 1.62 bits per heavy atom. The molecule has 1 N–H and O–H groups in total. The van der Waals surface area contributed by atoms with E-state index in [1.807, 2.05) is 13.0 Å². The van der Waals surface area contributed by atoms with Gasteiger partial charge in [-0.2, -0.15) is 0 Å². The molecule has 2 rings (SSSR count). The third kappa shape index (κ3) is 1.52. The minimum Gasteiger partial charge on any atom is -0.468 e. The van der Waals surface area contributed by atoms with E-state index in [0.717, 1.165) is 25.0 Å². The van der Waals surface area contributed by atoms with Crippen molar-refractivity contribution in [3.63, 3.8) is 0 Å². The summed E-state index contributed by atoms with van der Waals surface area (Å²) in [4.78, 5) is 23.6. The van der Waals surface area contributed by atoms with Gasteiger partial charge < -0.3 is 10.1 Å². The predicted molar refractivity (Wildman–Crippen MR) is 58.3 cm³/mol. The van der Waals surface area contributed by atoms with Crippen LogP contribution >= 0.6 is 0 Å². The largest absolute Gasteiger partial charge is 0.468 e. The zero-order valence-corrected chi connectivity index (χ0v) is 9.71. The van der Waals surface area contributed by atoms with Crippen molar-refractivity contribution in [2.75, 3.05) is 7.11 Å². The highest BCUT2D eigenvalue weighted by atomic mass is 16.5. The van der Waals surface area contributed by atoms with Gasteiger partial charge in [-0.3, -0.25) is 9.59 Å². The van der Waals surface area contributed by atoms with Crippen LogP contribution in [0.15, 0.2) is 11.8 Å². The van der Waals surface area contributed by atoms with Gasteiger partial charge in [0.25, 0.3) is 0 Å². The van der Waals surface area contributed by atoms with Crippen molar-refractivity contribution in [2.24, 2.45) is 11.3 Å². The van der Waals surface area contributed by atoms with Crippen molar-refractivity contribution >= 4 is 11.9 Å². The molecule has 2 atom stereocenters. The first-order chi connectivity index (χ1) is 7.60. The maximum absolute atomic E-state index is 12.0. The summed E-state index contributed by atoms with van der Waals surface area (Å²) in [5, 5.41) is 2.85. The molecule has 0 bridgehead atoms. The molecular formula is C12H17NO3. The van der Waals surface area contributed by atoms with Crippen LogP contribution < -0.4 is 5.32 Å². The fourth-order valence-electron chi connectivity index (χ4n) is 2.73. The zero-order chi connectivity index (χ0) is 11.8. The standard InChI is InChI=1S/C12H17NO3/c1-8-7-12(11(15)16-2)6-4-3-5-9(12)13-10(8)14/h5,8H,3-4,6-7H2,1-2H3,(H,13,14)/t8-,12-/m1/s1. The second-order valence-corrected chi connectivity index (χ2v) is 4.68. The molecule has 1 saturated heterocycles. The highest BCUT2D eigenvalue weighted by molar-refractivity contribution is 5.89. The molecule has 16 heavy (non-hydrogen) atoms. The molecule has 88 valence electrons. The number of methoxy groups -OCH3 is 1. The average Bonchev–Trinajstić information content (AvgIpc) is 2.29. The van der Waals surface area contributed by atoms with Crippen LogP contribution in [0.4, 0.5) is 0 Å². The quantitative estimate of drug-likeness (QED) is 0.683. The van der Waals surface area contributed by atoms with Gasteiger partial charge in [0.15, 0.2) is 0 Å². The average molecular weight is 223 g/mol. The summed E-state index contributed by atoms with van der Waals surface area (Å²) in [5.74, 6) is -0.340. The third-order valence-corrected chi connectivity index (χ3v) is 3.61. The molecule has 0 saturated carbocycles. The molecule has 0 unspecified atom stereocenters. The van der Waals surface area contributed by atoms with E-state index >= 15 is 0 Å². The Balaban J connectivity index is 2.38. The van der Waals surface area contributed by atoms with Crippen LogP contribution in [-0.4, -0.2) is 19.0 Å². The molecule has 1 fully saturated rings. The summed E-state index contributed by atoms with van der Waals surface area (Å²) >= 11 is 0. The molecule has 1 amide bonds. The second-order valence-electron chi connectivity index (χ2n) is 4.68. The van der Waals surface area contributed by atoms with Crippen LogP contribution in [0.3, 0.4) is 0 Å². The van der Waals surface area contributed by atoms with Crippen LogP contribution in [0.5, 0.6) is 0 Å². The van der Waals surface area contributed by atoms with Gasteiger partial charge in [0.2, 0.25) is 5.91 Å². The number of ether oxygens (including phenoxy) is 1. The first-order valence-corrected chi connectivity index (χ1v) is 5.70. The smallest absolute Gasteiger partial charge is 0.317 e. The van der Waals surface area contributed by atoms with Crippen LogP contribution in [0.25, 0.3) is 0 Å². The second kappa shape index (κ2) is 3.92. The number of hydrogen-bond acceptors (Lipinski definition) is 3. The number of fused-ring (bicyclic) bond motifs is 1. The Morgan fingerprint density at radius 3 is 3.06 bits per heavy atom. The normalized spacial score (nSPS) is 33.5. The molecule has 1 aliphatic heterocycles. The van der Waals surface area contributed by atoms with Gasteiger partial charge in [0.05, 0.1) is 7.11 Å². The molecule has 1 heterocycles. The van der Waals surface area contributed by atoms with E-state index in [1.54, 1.807) is 0 Å². The van der Waals surface area contributed by atoms with Gasteiger partial charge in [-0.1, -0.05) is 13.0 Å². The predicted octanol–water partition coefficient (Wildman–Crippen LogP) is 1.37. The molecule has 0 aromatic rings. The van der Waals surface area contributed by atoms with E-state index in [0.29, 0.717) is 6.42 Å². The zero-order valence-electron chi connectivity index (χ0n) is 9.71. The first-order valence-electron chi connectivity index (χ1n) is 5.70. The van der Waals surface area contributed by atoms with Crippen LogP contribution in [0.1, 0.15) is 32.6 Å². The molecular weight excluding hydrogens is 206 g/mol. The lowest BCUT2D eigenvalue weighted by Crippen LogP contribution is -2.50. The number of piperidine rings is 1. The first kappa shape index (κ1) is 11.2. The monoisotopic (exact) mass is 223 g/mol. The molecule has 0 aromatic heterocycles. The lowest BCUT2D eigenvalue weighted by Gasteiger charge is -2.41. The highest BCUT2D eigenvalue weighted by Gasteiger charge is 2.49. The third-order valence-electron chi connectivity index (χ3n) is 3.61. The van der Waals surface area contributed by atoms with Crippen LogP contribution in [-0.2, 0) is 14.3 Å². The highest BCUT2D eigenvalue weighted by Crippen LogP contribution is 2.45. The summed E-state index contributed by atoms with van der Waals surface area (Å²) in [5.41, 5.74) is 0.161. The molecule has 2 aliphatic rings. The maximum atomic E-state index is 12.0. The Hall–Kier alpha value is -1.32. The van der Waals surface area contributed by atoms with Crippen molar-refractivity contribution in [1.82, 2.24) is 5.32 Å². The molecule has 0 spiro atoms. The minimum atomic E-state index is -0.597. The lowest BCUT2D eigenvalue weighted by atomic mass is 9.68. The topological polar surface area (TPSA) is 55.4 Å². The van der Waals surface area contributed by atoms with E-state index in [-0.39, 0.29) is 17.8 Å². The summed E-state index contributed by atoms with van der Waals surface area (Å²) < 4.78 is 4.90. The number of esters is 1. The fraction of sp³-hybridized carbons (Fsp3) is 0.667. The van der Waals surface area contributed by atoms with E-state index in [2.05, 4.69) is 5.32 Å². The minimum absolute atomic E-state index is 0.00711. The summed E-state index contributed by atoms with van der Waals surface area (Å²) in [6, 6.07) is 0. The van der Waals surface area contributed by atoms with Crippen molar-refractivity contribution < 1.29 is 14.3 Å². The number of allylic oxidation sites excluding steroid dienone is 1. The Morgan fingerprint density at radius 2 is 2.38 bits per heavy atom. The van der Waals surface area contributed by atoms with Crippen molar-refractivity contribution in [3.05, 3.63) is 11.8 Å². The number of rotatable bonds is 1. The Kier molecular flexibility index (Phi) is 2.74.